The van der Waals surface area contributed by atoms with Gasteiger partial charge in [-0.05, 0) is 25.8 Å². The first-order chi connectivity index (χ1) is 15.5. The van der Waals surface area contributed by atoms with Gasteiger partial charge in [0.05, 0.1) is 24.2 Å². The molecule has 0 atom stereocenters. The molecule has 0 aliphatic carbocycles. The Morgan fingerprint density at radius 2 is 2.00 bits per heavy atom. The number of amides is 1. The number of fused-ring (bicyclic) bond motifs is 3. The lowest BCUT2D eigenvalue weighted by Crippen LogP contribution is -2.22. The summed E-state index contributed by atoms with van der Waals surface area (Å²) < 4.78 is 12.2. The zero-order valence-corrected chi connectivity index (χ0v) is 18.5. The second-order valence-corrected chi connectivity index (χ2v) is 7.22. The molecule has 0 aliphatic heterocycles. The van der Waals surface area contributed by atoms with Crippen LogP contribution in [0.4, 0.5) is 5.82 Å². The van der Waals surface area contributed by atoms with Crippen molar-refractivity contribution in [3.8, 4) is 0 Å². The lowest BCUT2D eigenvalue weighted by atomic mass is 10.2. The highest BCUT2D eigenvalue weighted by molar-refractivity contribution is 6.06. The largest absolute Gasteiger partial charge is 0.463 e. The summed E-state index contributed by atoms with van der Waals surface area (Å²) in [6, 6.07) is 7.88. The molecule has 0 spiro atoms. The number of nitrogens with two attached hydrogens (primary N) is 1. The van der Waals surface area contributed by atoms with Gasteiger partial charge in [0.15, 0.2) is 5.82 Å². The zero-order valence-electron chi connectivity index (χ0n) is 18.5. The number of unbranched alkanes of at least 4 members (excludes halogenated alkanes) is 1. The number of carbonyl (C=O) groups is 2. The van der Waals surface area contributed by atoms with Crippen molar-refractivity contribution in [2.24, 2.45) is 0 Å². The third-order valence-electron chi connectivity index (χ3n) is 4.98. The van der Waals surface area contributed by atoms with E-state index in [0.29, 0.717) is 30.9 Å². The number of nitrogens with zero attached hydrogens (tertiary/aromatic N) is 3. The monoisotopic (exact) mass is 439 g/mol. The maximum absolute atomic E-state index is 11.8. The minimum absolute atomic E-state index is 0.275. The number of carbonyl (C=O) groups excluding carboxylic acids is 2. The number of nitrogens with one attached hydrogen (secondary N) is 1. The van der Waals surface area contributed by atoms with Crippen molar-refractivity contribution in [2.75, 3.05) is 32.6 Å². The van der Waals surface area contributed by atoms with Gasteiger partial charge in [-0.25, -0.2) is 14.8 Å². The number of anilines is 1. The molecule has 0 saturated carbocycles. The average molecular weight is 440 g/mol. The normalized spacial score (nSPS) is 11.4. The first-order valence-electron chi connectivity index (χ1n) is 10.7. The van der Waals surface area contributed by atoms with Gasteiger partial charge in [-0.15, -0.1) is 0 Å². The Balaban J connectivity index is 1.69. The first kappa shape index (κ1) is 23.2. The molecular weight excluding hydrogens is 410 g/mol. The fourth-order valence-electron chi connectivity index (χ4n) is 3.53. The number of aryl methyl sites for hydroxylation is 1. The van der Waals surface area contributed by atoms with E-state index in [1.54, 1.807) is 14.0 Å². The number of imidazole rings is 1. The Bertz CT molecular complexity index is 1120. The Hall–Kier alpha value is -3.46. The van der Waals surface area contributed by atoms with E-state index in [-0.39, 0.29) is 12.5 Å². The number of ether oxygens (including phenoxy) is 2. The number of esters is 1. The van der Waals surface area contributed by atoms with Gasteiger partial charge in [0.25, 0.3) is 0 Å². The van der Waals surface area contributed by atoms with Gasteiger partial charge in [-0.3, -0.25) is 4.79 Å². The molecule has 2 aromatic heterocycles. The van der Waals surface area contributed by atoms with Crippen LogP contribution in [-0.2, 0) is 32.0 Å². The van der Waals surface area contributed by atoms with Gasteiger partial charge >= 0.3 is 5.97 Å². The van der Waals surface area contributed by atoms with E-state index in [4.69, 9.17) is 20.2 Å². The molecule has 0 aliphatic rings. The molecular formula is C23H29N5O4. The van der Waals surface area contributed by atoms with Crippen LogP contribution in [0.5, 0.6) is 0 Å². The second-order valence-electron chi connectivity index (χ2n) is 7.22. The Morgan fingerprint density at radius 3 is 2.78 bits per heavy atom. The predicted molar refractivity (Wildman–Crippen MR) is 123 cm³/mol. The summed E-state index contributed by atoms with van der Waals surface area (Å²) in [5.41, 5.74) is 8.71. The Labute approximate surface area is 186 Å². The number of para-hydroxylation sites is 1. The number of methoxy groups -OCH3 is 1. The summed E-state index contributed by atoms with van der Waals surface area (Å²) >= 11 is 0. The molecule has 1 amide bonds. The van der Waals surface area contributed by atoms with Crippen molar-refractivity contribution in [3.63, 3.8) is 0 Å². The van der Waals surface area contributed by atoms with Gasteiger partial charge in [-0.1, -0.05) is 18.2 Å². The van der Waals surface area contributed by atoms with Crippen LogP contribution in [0.25, 0.3) is 21.9 Å². The number of benzene rings is 1. The number of pyridine rings is 1. The highest BCUT2D eigenvalue weighted by Gasteiger charge is 2.16. The highest BCUT2D eigenvalue weighted by Crippen LogP contribution is 2.29. The Kier molecular flexibility index (Phi) is 8.15. The van der Waals surface area contributed by atoms with E-state index in [1.165, 1.54) is 6.08 Å². The summed E-state index contributed by atoms with van der Waals surface area (Å²) in [4.78, 5) is 32.3. The SMILES string of the molecule is CCOC(=O)C=CC(=O)NCCCCn1c(CCOC)nc2c(N)nc3ccccc3c21. The molecule has 3 aromatic rings. The van der Waals surface area contributed by atoms with Crippen molar-refractivity contribution in [1.29, 1.82) is 0 Å². The molecule has 0 unspecified atom stereocenters. The van der Waals surface area contributed by atoms with Crippen LogP contribution in [0.1, 0.15) is 25.6 Å². The summed E-state index contributed by atoms with van der Waals surface area (Å²) in [5.74, 6) is 0.459. The molecule has 0 radical (unpaired) electrons. The first-order valence-corrected chi connectivity index (χ1v) is 10.7. The van der Waals surface area contributed by atoms with Crippen LogP contribution >= 0.6 is 0 Å². The van der Waals surface area contributed by atoms with Crippen LogP contribution < -0.4 is 11.1 Å². The quantitative estimate of drug-likeness (QED) is 0.267. The zero-order chi connectivity index (χ0) is 22.9. The molecule has 9 heteroatoms. The molecule has 170 valence electrons. The number of nitrogen functional groups attached to an aromatic ring is 1. The maximum Gasteiger partial charge on any atom is 0.330 e. The molecule has 1 aromatic carbocycles. The fraction of sp³-hybridized carbons (Fsp3) is 0.391. The molecule has 3 N–H and O–H groups in total. The van der Waals surface area contributed by atoms with Gasteiger partial charge in [0, 0.05) is 44.2 Å². The van der Waals surface area contributed by atoms with Gasteiger partial charge in [-0.2, -0.15) is 0 Å². The topological polar surface area (TPSA) is 121 Å². The van der Waals surface area contributed by atoms with Crippen LogP contribution in [0.2, 0.25) is 0 Å². The van der Waals surface area contributed by atoms with E-state index < -0.39 is 5.97 Å². The van der Waals surface area contributed by atoms with Crippen molar-refractivity contribution >= 4 is 39.6 Å². The number of rotatable bonds is 11. The third-order valence-corrected chi connectivity index (χ3v) is 4.98. The minimum Gasteiger partial charge on any atom is -0.463 e. The van der Waals surface area contributed by atoms with Crippen molar-refractivity contribution < 1.29 is 19.1 Å². The summed E-state index contributed by atoms with van der Waals surface area (Å²) in [5, 5.41) is 3.78. The van der Waals surface area contributed by atoms with Gasteiger partial charge < -0.3 is 25.1 Å². The van der Waals surface area contributed by atoms with E-state index >= 15 is 0 Å². The van der Waals surface area contributed by atoms with Gasteiger partial charge in [0.2, 0.25) is 5.91 Å². The smallest absolute Gasteiger partial charge is 0.330 e. The van der Waals surface area contributed by atoms with Gasteiger partial charge in [0.1, 0.15) is 11.3 Å². The minimum atomic E-state index is -0.529. The number of aromatic nitrogens is 3. The van der Waals surface area contributed by atoms with Crippen LogP contribution in [0.3, 0.4) is 0 Å². The van der Waals surface area contributed by atoms with E-state index in [0.717, 1.165) is 47.7 Å². The maximum atomic E-state index is 11.8. The molecule has 9 nitrogen and oxygen atoms in total. The van der Waals surface area contributed by atoms with E-state index in [2.05, 4.69) is 14.9 Å². The van der Waals surface area contributed by atoms with Crippen molar-refractivity contribution in [2.45, 2.75) is 32.7 Å². The molecule has 32 heavy (non-hydrogen) atoms. The van der Waals surface area contributed by atoms with Crippen LogP contribution in [0.15, 0.2) is 36.4 Å². The van der Waals surface area contributed by atoms with Crippen molar-refractivity contribution in [3.05, 3.63) is 42.2 Å². The second kappa shape index (κ2) is 11.2. The Morgan fingerprint density at radius 1 is 1.19 bits per heavy atom. The standard InChI is InChI=1S/C23H29N5O4/c1-3-32-20(30)11-10-19(29)25-13-6-7-14-28-18(12-15-31-2)27-21-22(28)16-8-4-5-9-17(16)26-23(21)24/h4-5,8-11H,3,6-7,12-15H2,1-2H3,(H2,24,26)(H,25,29). The van der Waals surface area contributed by atoms with Crippen LogP contribution in [0, 0.1) is 0 Å². The van der Waals surface area contributed by atoms with E-state index in [9.17, 15) is 9.59 Å². The molecule has 2 heterocycles. The molecule has 3 rings (SSSR count). The lowest BCUT2D eigenvalue weighted by Gasteiger charge is -2.11. The summed E-state index contributed by atoms with van der Waals surface area (Å²) in [7, 11) is 1.66. The molecule has 0 fully saturated rings. The number of hydrogen-bond donors (Lipinski definition) is 2. The van der Waals surface area contributed by atoms with Crippen molar-refractivity contribution in [1.82, 2.24) is 19.9 Å². The summed E-state index contributed by atoms with van der Waals surface area (Å²) in [6.45, 7) is 3.76. The summed E-state index contributed by atoms with van der Waals surface area (Å²) in [6.07, 6.45) is 4.56. The molecule has 0 saturated heterocycles. The van der Waals surface area contributed by atoms with Crippen LogP contribution in [-0.4, -0.2) is 53.3 Å². The number of hydrogen-bond acceptors (Lipinski definition) is 7. The fourth-order valence-corrected chi connectivity index (χ4v) is 3.53. The average Bonchev–Trinajstić information content (AvgIpc) is 3.15. The highest BCUT2D eigenvalue weighted by atomic mass is 16.5. The third kappa shape index (κ3) is 5.61. The lowest BCUT2D eigenvalue weighted by molar-refractivity contribution is -0.137. The predicted octanol–water partition coefficient (Wildman–Crippen LogP) is 2.37. The van der Waals surface area contributed by atoms with E-state index in [1.807, 2.05) is 24.3 Å². The molecule has 0 bridgehead atoms.